The third-order valence-electron chi connectivity index (χ3n) is 5.84. The van der Waals surface area contributed by atoms with Crippen molar-refractivity contribution in [1.82, 2.24) is 9.38 Å². The largest absolute Gasteiger partial charge is 0.477 e. The summed E-state index contributed by atoms with van der Waals surface area (Å²) < 4.78 is 32.8. The van der Waals surface area contributed by atoms with Crippen LogP contribution in [-0.4, -0.2) is 14.5 Å². The van der Waals surface area contributed by atoms with E-state index in [1.165, 1.54) is 46.1 Å². The molecular formula is C26H19ClF2N3O2S+. The van der Waals surface area contributed by atoms with Gasteiger partial charge in [-0.15, -0.1) is 11.3 Å². The van der Waals surface area contributed by atoms with E-state index in [9.17, 15) is 18.7 Å². The third kappa shape index (κ3) is 4.09. The molecule has 0 saturated carbocycles. The highest BCUT2D eigenvalue weighted by Crippen LogP contribution is 2.32. The van der Waals surface area contributed by atoms with Gasteiger partial charge in [-0.2, -0.15) is 8.97 Å². The van der Waals surface area contributed by atoms with Gasteiger partial charge in [0.25, 0.3) is 11.5 Å². The van der Waals surface area contributed by atoms with Crippen molar-refractivity contribution in [2.75, 3.05) is 0 Å². The highest BCUT2D eigenvalue weighted by molar-refractivity contribution is 7.15. The number of aromatic hydroxyl groups is 1. The second kappa shape index (κ2) is 8.87. The van der Waals surface area contributed by atoms with E-state index < -0.39 is 17.2 Å². The highest BCUT2D eigenvalue weighted by Gasteiger charge is 2.27. The number of aryl methyl sites for hydroxylation is 2. The molecule has 0 aliphatic heterocycles. The average Bonchev–Trinajstić information content (AvgIpc) is 3.23. The second-order valence-electron chi connectivity index (χ2n) is 8.23. The Morgan fingerprint density at radius 2 is 1.89 bits per heavy atom. The maximum Gasteiger partial charge on any atom is 0.354 e. The number of thiazole rings is 1. The number of halogens is 3. The number of benzene rings is 2. The maximum absolute atomic E-state index is 14.8. The van der Waals surface area contributed by atoms with Crippen LogP contribution >= 0.6 is 22.9 Å². The molecule has 2 aromatic carbocycles. The Labute approximate surface area is 208 Å². The van der Waals surface area contributed by atoms with Gasteiger partial charge in [-0.05, 0) is 55.3 Å². The first-order valence-electron chi connectivity index (χ1n) is 10.7. The summed E-state index contributed by atoms with van der Waals surface area (Å²) >= 11 is 7.26. The van der Waals surface area contributed by atoms with Crippen LogP contribution in [0.1, 0.15) is 16.0 Å². The molecule has 0 fully saturated rings. The first kappa shape index (κ1) is 23.1. The van der Waals surface area contributed by atoms with E-state index in [1.807, 2.05) is 13.0 Å². The van der Waals surface area contributed by atoms with Crippen LogP contribution in [0.4, 0.5) is 8.78 Å². The van der Waals surface area contributed by atoms with Crippen LogP contribution in [0.3, 0.4) is 0 Å². The molecule has 5 nitrogen and oxygen atoms in total. The topological polar surface area (TPSA) is 58.5 Å². The fourth-order valence-corrected chi connectivity index (χ4v) is 5.17. The number of hydrogen-bond acceptors (Lipinski definition) is 4. The van der Waals surface area contributed by atoms with E-state index in [0.717, 1.165) is 10.4 Å². The molecule has 3 heterocycles. The van der Waals surface area contributed by atoms with Crippen LogP contribution in [-0.2, 0) is 6.54 Å². The van der Waals surface area contributed by atoms with Crippen LogP contribution < -0.4 is 10.1 Å². The molecule has 0 amide bonds. The Bertz CT molecular complexity index is 1680. The number of hydrogen-bond donors (Lipinski definition) is 1. The molecule has 0 bridgehead atoms. The number of nitrogens with zero attached hydrogens (tertiary/aromatic N) is 3. The normalized spacial score (nSPS) is 11.3. The van der Waals surface area contributed by atoms with Gasteiger partial charge in [0.2, 0.25) is 0 Å². The molecule has 5 rings (SSSR count). The molecule has 5 aromatic rings. The van der Waals surface area contributed by atoms with Gasteiger partial charge >= 0.3 is 5.56 Å². The smallest absolute Gasteiger partial charge is 0.354 e. The minimum Gasteiger partial charge on any atom is -0.477 e. The van der Waals surface area contributed by atoms with Crippen LogP contribution in [0.2, 0.25) is 4.47 Å². The number of rotatable bonds is 4. The molecule has 9 heteroatoms. The van der Waals surface area contributed by atoms with Crippen molar-refractivity contribution in [1.29, 1.82) is 0 Å². The molecule has 0 aliphatic rings. The van der Waals surface area contributed by atoms with Gasteiger partial charge in [0.1, 0.15) is 18.2 Å². The molecule has 0 aliphatic carbocycles. The van der Waals surface area contributed by atoms with Crippen LogP contribution in [0, 0.1) is 25.5 Å². The first-order chi connectivity index (χ1) is 16.7. The van der Waals surface area contributed by atoms with Crippen molar-refractivity contribution < 1.29 is 18.5 Å². The quantitative estimate of drug-likeness (QED) is 0.316. The lowest BCUT2D eigenvalue weighted by molar-refractivity contribution is -0.671. The van der Waals surface area contributed by atoms with Crippen molar-refractivity contribution >= 4 is 28.6 Å². The van der Waals surface area contributed by atoms with E-state index in [4.69, 9.17) is 11.6 Å². The van der Waals surface area contributed by atoms with Gasteiger partial charge in [0.15, 0.2) is 10.0 Å². The minimum absolute atomic E-state index is 0.00562. The minimum atomic E-state index is -0.639. The van der Waals surface area contributed by atoms with E-state index in [-0.39, 0.29) is 34.7 Å². The van der Waals surface area contributed by atoms with Crippen molar-refractivity contribution in [2.24, 2.45) is 0 Å². The Hall–Kier alpha value is -3.62. The monoisotopic (exact) mass is 510 g/mol. The Balaban J connectivity index is 1.78. The first-order valence-corrected chi connectivity index (χ1v) is 11.9. The van der Waals surface area contributed by atoms with Crippen molar-refractivity contribution in [3.8, 4) is 28.1 Å². The summed E-state index contributed by atoms with van der Waals surface area (Å²) in [7, 11) is 0. The Morgan fingerprint density at radius 3 is 2.60 bits per heavy atom. The molecule has 0 atom stereocenters. The molecule has 35 heavy (non-hydrogen) atoms. The fraction of sp³-hybridized carbons (Fsp3) is 0.115. The lowest BCUT2D eigenvalue weighted by Gasteiger charge is -2.12. The zero-order valence-corrected chi connectivity index (χ0v) is 20.3. The van der Waals surface area contributed by atoms with Crippen molar-refractivity contribution in [3.05, 3.63) is 103 Å². The summed E-state index contributed by atoms with van der Waals surface area (Å²) in [5, 5.41) is 11.4. The van der Waals surface area contributed by atoms with Crippen LogP contribution in [0.5, 0.6) is 5.88 Å². The van der Waals surface area contributed by atoms with Gasteiger partial charge in [-0.1, -0.05) is 29.8 Å². The lowest BCUT2D eigenvalue weighted by Crippen LogP contribution is -2.41. The molecule has 176 valence electrons. The van der Waals surface area contributed by atoms with E-state index in [0.29, 0.717) is 15.7 Å². The van der Waals surface area contributed by atoms with Gasteiger partial charge in [-0.3, -0.25) is 0 Å². The Morgan fingerprint density at radius 1 is 1.09 bits per heavy atom. The number of fused-ring (bicyclic) bond motifs is 1. The van der Waals surface area contributed by atoms with Gasteiger partial charge in [0.05, 0.1) is 11.1 Å². The predicted octanol–water partition coefficient (Wildman–Crippen LogP) is 5.68. The van der Waals surface area contributed by atoms with Crippen LogP contribution in [0.25, 0.3) is 27.9 Å². The lowest BCUT2D eigenvalue weighted by atomic mass is 9.98. The molecular weight excluding hydrogens is 492 g/mol. The molecule has 0 unspecified atom stereocenters. The van der Waals surface area contributed by atoms with Gasteiger partial charge in [0, 0.05) is 22.9 Å². The summed E-state index contributed by atoms with van der Waals surface area (Å²) in [6.45, 7) is 3.78. The summed E-state index contributed by atoms with van der Waals surface area (Å²) in [6, 6.07) is 12.0. The number of aromatic nitrogens is 3. The summed E-state index contributed by atoms with van der Waals surface area (Å²) in [5.74, 6) is -1.51. The van der Waals surface area contributed by atoms with Crippen LogP contribution in [0.15, 0.2) is 65.7 Å². The summed E-state index contributed by atoms with van der Waals surface area (Å²) in [6.07, 6.45) is 3.21. The predicted molar refractivity (Wildman–Crippen MR) is 132 cm³/mol. The van der Waals surface area contributed by atoms with Crippen molar-refractivity contribution in [2.45, 2.75) is 20.4 Å². The zero-order valence-electron chi connectivity index (χ0n) is 18.7. The highest BCUT2D eigenvalue weighted by atomic mass is 35.5. The molecule has 0 saturated heterocycles. The average molecular weight is 511 g/mol. The molecule has 0 radical (unpaired) electrons. The molecule has 1 N–H and O–H groups in total. The number of pyridine rings is 1. The summed E-state index contributed by atoms with van der Waals surface area (Å²) in [4.78, 5) is 18.4. The fourth-order valence-electron chi connectivity index (χ4n) is 4.21. The summed E-state index contributed by atoms with van der Waals surface area (Å²) in [5.41, 5.74) is 1.77. The van der Waals surface area contributed by atoms with E-state index in [1.54, 1.807) is 36.0 Å². The Kier molecular flexibility index (Phi) is 5.86. The molecule has 3 aromatic heterocycles. The third-order valence-corrected chi connectivity index (χ3v) is 6.94. The second-order valence-corrected chi connectivity index (χ2v) is 9.93. The maximum atomic E-state index is 14.8. The van der Waals surface area contributed by atoms with Gasteiger partial charge < -0.3 is 5.11 Å². The van der Waals surface area contributed by atoms with E-state index in [2.05, 4.69) is 4.98 Å². The van der Waals surface area contributed by atoms with E-state index >= 15 is 0 Å². The van der Waals surface area contributed by atoms with Gasteiger partial charge in [-0.25, -0.2) is 18.6 Å². The zero-order chi connectivity index (χ0) is 24.9. The standard InChI is InChI=1S/C26H18ClF2N3O2S/c1-14-5-7-18(21(29)10-14)19-11-16(6-8-20(19)28)22-24(33)31-9-3-4-15(2)23(31)32(25(22)34)13-17-12-30-26(27)35-17/h3-12H,13H2,1-2H3/p+1. The SMILES string of the molecule is Cc1ccc(-c2cc(-c3c(O)[n+](Cc4cnc(Cl)s4)c4c(C)cccn4c3=O)ccc2F)c(F)c1. The molecule has 0 spiro atoms. The van der Waals surface area contributed by atoms with Crippen molar-refractivity contribution in [3.63, 3.8) is 0 Å².